The van der Waals surface area contributed by atoms with E-state index in [2.05, 4.69) is 39.7 Å². The van der Waals surface area contributed by atoms with Gasteiger partial charge in [-0.1, -0.05) is 29.8 Å². The summed E-state index contributed by atoms with van der Waals surface area (Å²) in [6.45, 7) is 5.01. The van der Waals surface area contributed by atoms with E-state index in [1.165, 1.54) is 5.56 Å². The molecule has 0 spiro atoms. The lowest BCUT2D eigenvalue weighted by atomic mass is 9.96. The zero-order valence-electron chi connectivity index (χ0n) is 17.0. The summed E-state index contributed by atoms with van der Waals surface area (Å²) < 4.78 is 2.19. The first-order valence-electron chi connectivity index (χ1n) is 10.1. The van der Waals surface area contributed by atoms with Crippen molar-refractivity contribution in [2.24, 2.45) is 0 Å². The Morgan fingerprint density at radius 1 is 1.17 bits per heavy atom. The van der Waals surface area contributed by atoms with Gasteiger partial charge in [0.1, 0.15) is 0 Å². The molecule has 156 valence electrons. The predicted molar refractivity (Wildman–Crippen MR) is 124 cm³/mol. The molecule has 1 aliphatic heterocycles. The lowest BCUT2D eigenvalue weighted by Gasteiger charge is -2.28. The molecular weight excluding hydrogens is 416 g/mol. The summed E-state index contributed by atoms with van der Waals surface area (Å²) in [6.07, 6.45) is 2.46. The van der Waals surface area contributed by atoms with Crippen molar-refractivity contribution in [3.05, 3.63) is 82.4 Å². The average molecular weight is 441 g/mol. The van der Waals surface area contributed by atoms with Crippen LogP contribution in [-0.2, 0) is 0 Å². The monoisotopic (exact) mass is 440 g/mol. The lowest BCUT2D eigenvalue weighted by Crippen LogP contribution is -2.31. The first kappa shape index (κ1) is 20.8. The number of aryl methyl sites for hydroxylation is 1. The number of rotatable bonds is 6. The molecule has 3 heterocycles. The molecule has 30 heavy (non-hydrogen) atoms. The second-order valence-electron chi connectivity index (χ2n) is 7.51. The van der Waals surface area contributed by atoms with Crippen molar-refractivity contribution in [3.63, 3.8) is 0 Å². The number of para-hydroxylation sites is 1. The van der Waals surface area contributed by atoms with Crippen molar-refractivity contribution in [2.45, 2.75) is 32.4 Å². The molecule has 5 nitrogen and oxygen atoms in total. The van der Waals surface area contributed by atoms with Gasteiger partial charge in [-0.15, -0.1) is 0 Å². The van der Waals surface area contributed by atoms with Crippen LogP contribution in [-0.4, -0.2) is 37.8 Å². The first-order chi connectivity index (χ1) is 14.5. The van der Waals surface area contributed by atoms with Crippen LogP contribution in [0, 0.1) is 13.8 Å². The summed E-state index contributed by atoms with van der Waals surface area (Å²) >= 11 is 12.2. The Bertz CT molecular complexity index is 1050. The number of benzene rings is 1. The summed E-state index contributed by atoms with van der Waals surface area (Å²) in [5, 5.41) is 14.3. The molecule has 3 aromatic rings. The fourth-order valence-electron chi connectivity index (χ4n) is 4.32. The number of thiocarbonyl (C=S) groups is 1. The number of pyridine rings is 1. The highest BCUT2D eigenvalue weighted by Crippen LogP contribution is 2.41. The van der Waals surface area contributed by atoms with Gasteiger partial charge in [-0.25, -0.2) is 0 Å². The summed E-state index contributed by atoms with van der Waals surface area (Å²) in [4.78, 5) is 6.76. The molecule has 0 amide bonds. The van der Waals surface area contributed by atoms with E-state index in [1.807, 2.05) is 42.5 Å². The molecular formula is C23H25ClN4OS. The number of aliphatic hydroxyl groups excluding tert-OH is 1. The maximum Gasteiger partial charge on any atom is 0.170 e. The van der Waals surface area contributed by atoms with Crippen LogP contribution in [0.4, 0.5) is 0 Å². The molecule has 0 saturated carbocycles. The van der Waals surface area contributed by atoms with Crippen molar-refractivity contribution in [1.82, 2.24) is 19.8 Å². The third-order valence-corrected chi connectivity index (χ3v) is 6.31. The Kier molecular flexibility index (Phi) is 6.09. The summed E-state index contributed by atoms with van der Waals surface area (Å²) in [7, 11) is 0. The minimum Gasteiger partial charge on any atom is -0.396 e. The molecule has 4 rings (SSSR count). The Labute approximate surface area is 187 Å². The molecule has 0 radical (unpaired) electrons. The van der Waals surface area contributed by atoms with Gasteiger partial charge in [0.2, 0.25) is 0 Å². The van der Waals surface area contributed by atoms with E-state index in [-0.39, 0.29) is 18.7 Å². The van der Waals surface area contributed by atoms with E-state index in [1.54, 1.807) is 6.20 Å². The van der Waals surface area contributed by atoms with Crippen LogP contribution < -0.4 is 5.32 Å². The van der Waals surface area contributed by atoms with Gasteiger partial charge < -0.3 is 19.9 Å². The molecule has 1 aliphatic rings. The van der Waals surface area contributed by atoms with E-state index in [9.17, 15) is 5.11 Å². The Hall–Kier alpha value is -2.41. The number of aromatic nitrogens is 2. The molecule has 2 atom stereocenters. The number of nitrogens with one attached hydrogen (secondary N) is 1. The molecule has 1 aromatic carbocycles. The third-order valence-electron chi connectivity index (χ3n) is 5.64. The van der Waals surface area contributed by atoms with Crippen LogP contribution in [0.3, 0.4) is 0 Å². The minimum absolute atomic E-state index is 0.0265. The standard InChI is InChI=1S/C23H25ClN4OS/c1-15-14-17(16(2)28(15)20-10-4-3-8-18(20)24)22-21(19-9-5-6-11-25-19)26-23(30)27(22)12-7-13-29/h3-6,8-11,14,21-22,29H,7,12-13H2,1-2H3,(H,26,30)/t21-,22+/m0/s1. The summed E-state index contributed by atoms with van der Waals surface area (Å²) in [5.74, 6) is 0. The van der Waals surface area contributed by atoms with E-state index in [4.69, 9.17) is 23.8 Å². The van der Waals surface area contributed by atoms with Gasteiger partial charge >= 0.3 is 0 Å². The first-order valence-corrected chi connectivity index (χ1v) is 10.8. The zero-order valence-corrected chi connectivity index (χ0v) is 18.6. The topological polar surface area (TPSA) is 53.3 Å². The fourth-order valence-corrected chi connectivity index (χ4v) is 4.87. The average Bonchev–Trinajstić information content (AvgIpc) is 3.23. The molecule has 0 bridgehead atoms. The van der Waals surface area contributed by atoms with E-state index >= 15 is 0 Å². The zero-order chi connectivity index (χ0) is 21.3. The summed E-state index contributed by atoms with van der Waals surface area (Å²) in [5.41, 5.74) is 5.31. The van der Waals surface area contributed by atoms with E-state index in [0.29, 0.717) is 23.1 Å². The van der Waals surface area contributed by atoms with Crippen LogP contribution in [0.25, 0.3) is 5.69 Å². The molecule has 1 saturated heterocycles. The number of hydrogen-bond donors (Lipinski definition) is 2. The Balaban J connectivity index is 1.83. The van der Waals surface area contributed by atoms with Gasteiger partial charge in [0.05, 0.1) is 28.5 Å². The van der Waals surface area contributed by atoms with Gasteiger partial charge in [-0.05, 0) is 68.4 Å². The van der Waals surface area contributed by atoms with Crippen LogP contribution in [0.5, 0.6) is 0 Å². The Morgan fingerprint density at radius 2 is 1.93 bits per heavy atom. The van der Waals surface area contributed by atoms with Crippen molar-refractivity contribution in [3.8, 4) is 5.69 Å². The number of aliphatic hydroxyl groups is 1. The maximum atomic E-state index is 9.41. The SMILES string of the molecule is Cc1cc([C@@H]2[C@H](c3ccccn3)NC(=S)N2CCCO)c(C)n1-c1ccccc1Cl. The largest absolute Gasteiger partial charge is 0.396 e. The molecule has 7 heteroatoms. The minimum atomic E-state index is -0.0717. The normalized spacial score (nSPS) is 18.7. The molecule has 2 N–H and O–H groups in total. The molecule has 2 aromatic heterocycles. The maximum absolute atomic E-state index is 9.41. The van der Waals surface area contributed by atoms with Crippen molar-refractivity contribution < 1.29 is 5.11 Å². The number of nitrogens with zero attached hydrogens (tertiary/aromatic N) is 3. The smallest absolute Gasteiger partial charge is 0.170 e. The van der Waals surface area contributed by atoms with Crippen molar-refractivity contribution in [2.75, 3.05) is 13.2 Å². The van der Waals surface area contributed by atoms with Crippen LogP contribution in [0.15, 0.2) is 54.7 Å². The van der Waals surface area contributed by atoms with Crippen LogP contribution in [0.2, 0.25) is 5.02 Å². The second-order valence-corrected chi connectivity index (χ2v) is 8.30. The quantitative estimate of drug-likeness (QED) is 0.553. The molecule has 0 unspecified atom stereocenters. The Morgan fingerprint density at radius 3 is 2.63 bits per heavy atom. The van der Waals surface area contributed by atoms with Crippen LogP contribution >= 0.6 is 23.8 Å². The predicted octanol–water partition coefficient (Wildman–Crippen LogP) is 4.50. The van der Waals surface area contributed by atoms with Gasteiger partial charge in [0.15, 0.2) is 5.11 Å². The van der Waals surface area contributed by atoms with Gasteiger partial charge in [-0.2, -0.15) is 0 Å². The fraction of sp³-hybridized carbons (Fsp3) is 0.304. The van der Waals surface area contributed by atoms with E-state index in [0.717, 1.165) is 22.8 Å². The highest BCUT2D eigenvalue weighted by atomic mass is 35.5. The van der Waals surface area contributed by atoms with Gasteiger partial charge in [-0.3, -0.25) is 4.98 Å². The highest BCUT2D eigenvalue weighted by Gasteiger charge is 2.41. The van der Waals surface area contributed by atoms with Crippen molar-refractivity contribution >= 4 is 28.9 Å². The van der Waals surface area contributed by atoms with Gasteiger partial charge in [0.25, 0.3) is 0 Å². The number of halogens is 1. The van der Waals surface area contributed by atoms with E-state index < -0.39 is 0 Å². The van der Waals surface area contributed by atoms with Crippen molar-refractivity contribution in [1.29, 1.82) is 0 Å². The highest BCUT2D eigenvalue weighted by molar-refractivity contribution is 7.80. The number of hydrogen-bond acceptors (Lipinski definition) is 3. The molecule has 0 aliphatic carbocycles. The third kappa shape index (κ3) is 3.71. The van der Waals surface area contributed by atoms with Gasteiger partial charge in [0, 0.05) is 30.7 Å². The second kappa shape index (κ2) is 8.76. The van der Waals surface area contributed by atoms with Crippen LogP contribution in [0.1, 0.15) is 41.1 Å². The summed E-state index contributed by atoms with van der Waals surface area (Å²) in [6, 6.07) is 15.9. The lowest BCUT2D eigenvalue weighted by molar-refractivity contribution is 0.247. The molecule has 1 fully saturated rings.